The van der Waals surface area contributed by atoms with E-state index in [1.807, 2.05) is 6.07 Å². The second kappa shape index (κ2) is 10.1. The normalized spacial score (nSPS) is 19.7. The smallest absolute Gasteiger partial charge is 0.343 e. The van der Waals surface area contributed by atoms with Crippen molar-refractivity contribution in [1.29, 1.82) is 5.26 Å². The second-order valence-corrected chi connectivity index (χ2v) is 7.42. The lowest BCUT2D eigenvalue weighted by molar-refractivity contribution is -0.142. The van der Waals surface area contributed by atoms with Gasteiger partial charge in [-0.25, -0.2) is 4.79 Å². The van der Waals surface area contributed by atoms with Crippen molar-refractivity contribution in [3.8, 4) is 11.8 Å². The summed E-state index contributed by atoms with van der Waals surface area (Å²) in [7, 11) is 1.29. The van der Waals surface area contributed by atoms with E-state index in [-0.39, 0.29) is 24.1 Å². The number of nitrogens with zero attached hydrogens (tertiary/aromatic N) is 1. The van der Waals surface area contributed by atoms with Crippen LogP contribution in [0.4, 0.5) is 0 Å². The standard InChI is InChI=1S/C20H23BrN2O4/c1-13-5-3-4-6-17(13)23-20(25)15(11-22)9-14-7-8-18(16(21)10-14)27-12-19(24)26-2/h7-10,13,17H,3-6,12H2,1-2H3,(H,23,25)/b15-9+/t13-,17-/m1/s1. The maximum Gasteiger partial charge on any atom is 0.343 e. The second-order valence-electron chi connectivity index (χ2n) is 6.57. The summed E-state index contributed by atoms with van der Waals surface area (Å²) < 4.78 is 10.5. The van der Waals surface area contributed by atoms with Crippen LogP contribution in [0.1, 0.15) is 38.2 Å². The molecular formula is C20H23BrN2O4. The molecule has 0 radical (unpaired) electrons. The number of benzene rings is 1. The molecule has 144 valence electrons. The van der Waals surface area contributed by atoms with Crippen LogP contribution in [0.3, 0.4) is 0 Å². The number of carbonyl (C=O) groups excluding carboxylic acids is 2. The van der Waals surface area contributed by atoms with Gasteiger partial charge in [-0.2, -0.15) is 5.26 Å². The van der Waals surface area contributed by atoms with E-state index in [4.69, 9.17) is 4.74 Å². The fraction of sp³-hybridized carbons (Fsp3) is 0.450. The van der Waals surface area contributed by atoms with Crippen molar-refractivity contribution in [3.63, 3.8) is 0 Å². The lowest BCUT2D eigenvalue weighted by Crippen LogP contribution is -2.41. The summed E-state index contributed by atoms with van der Waals surface area (Å²) in [5.74, 6) is 0.0595. The Labute approximate surface area is 167 Å². The Kier molecular flexibility index (Phi) is 7.86. The lowest BCUT2D eigenvalue weighted by atomic mass is 9.86. The van der Waals surface area contributed by atoms with E-state index in [1.165, 1.54) is 19.6 Å². The summed E-state index contributed by atoms with van der Waals surface area (Å²) in [4.78, 5) is 23.6. The van der Waals surface area contributed by atoms with Crippen LogP contribution in [0.5, 0.6) is 5.75 Å². The van der Waals surface area contributed by atoms with Crippen LogP contribution in [0.15, 0.2) is 28.2 Å². The number of methoxy groups -OCH3 is 1. The molecule has 1 aliphatic rings. The van der Waals surface area contributed by atoms with E-state index in [0.717, 1.165) is 19.3 Å². The first-order chi connectivity index (χ1) is 12.9. The first kappa shape index (κ1) is 21.0. The van der Waals surface area contributed by atoms with Crippen LogP contribution in [0.25, 0.3) is 6.08 Å². The molecule has 0 bridgehead atoms. The molecule has 0 unspecified atom stereocenters. The van der Waals surface area contributed by atoms with Crippen molar-refractivity contribution in [3.05, 3.63) is 33.8 Å². The molecule has 6 nitrogen and oxygen atoms in total. The van der Waals surface area contributed by atoms with Crippen molar-refractivity contribution in [2.75, 3.05) is 13.7 Å². The molecule has 1 amide bonds. The minimum Gasteiger partial charge on any atom is -0.481 e. The fourth-order valence-corrected chi connectivity index (χ4v) is 3.52. The molecule has 0 spiro atoms. The largest absolute Gasteiger partial charge is 0.481 e. The first-order valence-electron chi connectivity index (χ1n) is 8.86. The molecule has 1 aromatic carbocycles. The monoisotopic (exact) mass is 434 g/mol. The Morgan fingerprint density at radius 1 is 1.37 bits per heavy atom. The van der Waals surface area contributed by atoms with Crippen LogP contribution < -0.4 is 10.1 Å². The third-order valence-electron chi connectivity index (χ3n) is 4.63. The molecule has 27 heavy (non-hydrogen) atoms. The minimum atomic E-state index is -0.480. The third kappa shape index (κ3) is 6.10. The number of nitriles is 1. The third-order valence-corrected chi connectivity index (χ3v) is 5.25. The minimum absolute atomic E-state index is 0.0582. The van der Waals surface area contributed by atoms with Gasteiger partial charge in [-0.1, -0.05) is 25.8 Å². The molecule has 1 aliphatic carbocycles. The number of hydrogen-bond acceptors (Lipinski definition) is 5. The van der Waals surface area contributed by atoms with E-state index in [9.17, 15) is 14.9 Å². The molecule has 1 fully saturated rings. The quantitative estimate of drug-likeness (QED) is 0.419. The zero-order valence-corrected chi connectivity index (χ0v) is 17.0. The molecular weight excluding hydrogens is 412 g/mol. The van der Waals surface area contributed by atoms with Crippen molar-refractivity contribution in [1.82, 2.24) is 5.32 Å². The average molecular weight is 435 g/mol. The zero-order chi connectivity index (χ0) is 19.8. The van der Waals surface area contributed by atoms with Gasteiger partial charge < -0.3 is 14.8 Å². The van der Waals surface area contributed by atoms with Crippen LogP contribution >= 0.6 is 15.9 Å². The summed E-state index contributed by atoms with van der Waals surface area (Å²) in [6.07, 6.45) is 5.87. The van der Waals surface area contributed by atoms with Gasteiger partial charge in [-0.3, -0.25) is 4.79 Å². The van der Waals surface area contributed by atoms with Gasteiger partial charge in [0.15, 0.2) is 6.61 Å². The van der Waals surface area contributed by atoms with Gasteiger partial charge in [-0.15, -0.1) is 0 Å². The van der Waals surface area contributed by atoms with Gasteiger partial charge in [0.05, 0.1) is 11.6 Å². The highest BCUT2D eigenvalue weighted by Crippen LogP contribution is 2.27. The van der Waals surface area contributed by atoms with Gasteiger partial charge in [0.1, 0.15) is 17.4 Å². The SMILES string of the molecule is COC(=O)COc1ccc(/C=C(\C#N)C(=O)N[C@@H]2CCCC[C@H]2C)cc1Br. The molecule has 2 rings (SSSR count). The first-order valence-corrected chi connectivity index (χ1v) is 9.65. The topological polar surface area (TPSA) is 88.4 Å². The number of hydrogen-bond donors (Lipinski definition) is 1. The Morgan fingerprint density at radius 2 is 2.11 bits per heavy atom. The number of ether oxygens (including phenoxy) is 2. The molecule has 2 atom stereocenters. The van der Waals surface area contributed by atoms with Crippen LogP contribution in [-0.2, 0) is 14.3 Å². The summed E-state index contributed by atoms with van der Waals surface area (Å²) in [6.45, 7) is 1.93. The van der Waals surface area contributed by atoms with Gasteiger partial charge in [0, 0.05) is 6.04 Å². The molecule has 1 aromatic rings. The number of halogens is 1. The molecule has 0 saturated heterocycles. The van der Waals surface area contributed by atoms with Gasteiger partial charge in [0.25, 0.3) is 5.91 Å². The van der Waals surface area contributed by atoms with Gasteiger partial charge in [-0.05, 0) is 58.5 Å². The lowest BCUT2D eigenvalue weighted by Gasteiger charge is -2.29. The highest BCUT2D eigenvalue weighted by Gasteiger charge is 2.24. The average Bonchev–Trinajstić information content (AvgIpc) is 2.66. The number of nitrogens with one attached hydrogen (secondary N) is 1. The van der Waals surface area contributed by atoms with Gasteiger partial charge >= 0.3 is 5.97 Å². The highest BCUT2D eigenvalue weighted by atomic mass is 79.9. The predicted molar refractivity (Wildman–Crippen MR) is 105 cm³/mol. The molecule has 0 heterocycles. The molecule has 0 aromatic heterocycles. The summed E-state index contributed by atoms with van der Waals surface area (Å²) in [6, 6.07) is 7.19. The van der Waals surface area contributed by atoms with E-state index in [1.54, 1.807) is 18.2 Å². The highest BCUT2D eigenvalue weighted by molar-refractivity contribution is 9.10. The molecule has 1 saturated carbocycles. The maximum atomic E-state index is 12.5. The van der Waals surface area contributed by atoms with Crippen molar-refractivity contribution >= 4 is 33.9 Å². The number of carbonyl (C=O) groups is 2. The van der Waals surface area contributed by atoms with E-state index < -0.39 is 5.97 Å². The van der Waals surface area contributed by atoms with Crippen molar-refractivity contribution in [2.45, 2.75) is 38.6 Å². The maximum absolute atomic E-state index is 12.5. The number of esters is 1. The van der Waals surface area contributed by atoms with Gasteiger partial charge in [0.2, 0.25) is 0 Å². The van der Waals surface area contributed by atoms with E-state index in [2.05, 4.69) is 32.9 Å². The van der Waals surface area contributed by atoms with Crippen LogP contribution in [0, 0.1) is 17.2 Å². The molecule has 7 heteroatoms. The Balaban J connectivity index is 2.07. The zero-order valence-electron chi connectivity index (χ0n) is 15.5. The number of rotatable bonds is 6. The molecule has 1 N–H and O–H groups in total. The summed E-state index contributed by atoms with van der Waals surface area (Å²) >= 11 is 3.37. The molecule has 0 aliphatic heterocycles. The number of amides is 1. The fourth-order valence-electron chi connectivity index (χ4n) is 3.01. The Hall–Kier alpha value is -2.33. The van der Waals surface area contributed by atoms with Crippen molar-refractivity contribution < 1.29 is 19.1 Å². The predicted octanol–water partition coefficient (Wildman–Crippen LogP) is 3.60. The van der Waals surface area contributed by atoms with E-state index >= 15 is 0 Å². The summed E-state index contributed by atoms with van der Waals surface area (Å²) in [5, 5.41) is 12.4. The van der Waals surface area contributed by atoms with E-state index in [0.29, 0.717) is 21.7 Å². The van der Waals surface area contributed by atoms with Crippen LogP contribution in [0.2, 0.25) is 0 Å². The Morgan fingerprint density at radius 3 is 2.74 bits per heavy atom. The van der Waals surface area contributed by atoms with Crippen LogP contribution in [-0.4, -0.2) is 31.6 Å². The summed E-state index contributed by atoms with van der Waals surface area (Å²) in [5.41, 5.74) is 0.735. The van der Waals surface area contributed by atoms with Crippen molar-refractivity contribution in [2.24, 2.45) is 5.92 Å². The Bertz CT molecular complexity index is 770.